The number of ether oxygens (including phenoxy) is 1. The third-order valence-corrected chi connectivity index (χ3v) is 9.68. The van der Waals surface area contributed by atoms with Crippen LogP contribution in [0, 0.1) is 17.8 Å². The van der Waals surface area contributed by atoms with Gasteiger partial charge in [-0.1, -0.05) is 13.8 Å². The van der Waals surface area contributed by atoms with E-state index < -0.39 is 33.4 Å². The minimum atomic E-state index is -0.774. The fourth-order valence-corrected chi connectivity index (χ4v) is 8.66. The number of aliphatic hydroxyl groups excluding tert-OH is 1. The van der Waals surface area contributed by atoms with Crippen molar-refractivity contribution in [1.29, 1.82) is 0 Å². The molecule has 1 aromatic rings. The third kappa shape index (κ3) is 3.77. The van der Waals surface area contributed by atoms with Crippen molar-refractivity contribution in [3.8, 4) is 5.75 Å². The summed E-state index contributed by atoms with van der Waals surface area (Å²) in [5.74, 6) is -0.832. The summed E-state index contributed by atoms with van der Waals surface area (Å²) in [4.78, 5) is 42.5. The predicted octanol–water partition coefficient (Wildman–Crippen LogP) is 2.27. The van der Waals surface area contributed by atoms with Crippen LogP contribution in [0.2, 0.25) is 0 Å². The molecule has 2 unspecified atom stereocenters. The summed E-state index contributed by atoms with van der Waals surface area (Å²) < 4.78 is 4.10. The summed E-state index contributed by atoms with van der Waals surface area (Å²) >= 11 is 1.63. The molecule has 9 heteroatoms. The Balaban J connectivity index is 1.76. The van der Waals surface area contributed by atoms with Gasteiger partial charge in [0.05, 0.1) is 36.3 Å². The largest absolute Gasteiger partial charge is 0.497 e. The van der Waals surface area contributed by atoms with E-state index in [2.05, 4.69) is 10.6 Å². The average Bonchev–Trinajstić information content (AvgIpc) is 3.38. The first kappa shape index (κ1) is 24.9. The maximum atomic E-state index is 14.0. The molecular formula is C25H35N3O5S. The van der Waals surface area contributed by atoms with Gasteiger partial charge >= 0.3 is 0 Å². The number of fused-ring (bicyclic) bond motifs is 1. The zero-order chi connectivity index (χ0) is 24.8. The molecule has 3 amide bonds. The molecule has 4 rings (SSSR count). The minimum absolute atomic E-state index is 0.157. The number of amides is 3. The van der Waals surface area contributed by atoms with Gasteiger partial charge < -0.3 is 25.4 Å². The van der Waals surface area contributed by atoms with Crippen LogP contribution in [-0.4, -0.2) is 70.1 Å². The van der Waals surface area contributed by atoms with E-state index >= 15 is 0 Å². The van der Waals surface area contributed by atoms with Crippen LogP contribution in [0.4, 0.5) is 5.69 Å². The van der Waals surface area contributed by atoms with E-state index in [0.717, 1.165) is 6.42 Å². The molecule has 3 heterocycles. The number of nitrogens with one attached hydrogen (secondary N) is 2. The van der Waals surface area contributed by atoms with Gasteiger partial charge in [-0.25, -0.2) is 0 Å². The van der Waals surface area contributed by atoms with E-state index in [4.69, 9.17) is 4.74 Å². The molecule has 8 nitrogen and oxygen atoms in total. The van der Waals surface area contributed by atoms with Crippen LogP contribution in [0.5, 0.6) is 5.75 Å². The lowest BCUT2D eigenvalue weighted by Gasteiger charge is -2.37. The van der Waals surface area contributed by atoms with E-state index in [0.29, 0.717) is 24.3 Å². The fourth-order valence-electron chi connectivity index (χ4n) is 6.32. The van der Waals surface area contributed by atoms with Gasteiger partial charge in [-0.3, -0.25) is 14.4 Å². The standard InChI is InChI=1S/C25H35N3O5S/c1-14(2)12-16(13-29)28-20(22(31)27-15-6-8-17(33-5)9-7-15)25-11-10-24(3,34-25)18(21(30)26-4)19(25)23(28)32/h6-9,14,16,18-20,29H,10-13H2,1-5H3,(H,26,30)(H,27,31)/t16-,18+,19+,20?,24-,25?/m1/s1. The van der Waals surface area contributed by atoms with Gasteiger partial charge in [0, 0.05) is 17.5 Å². The molecule has 0 aromatic heterocycles. The number of rotatable bonds is 8. The van der Waals surface area contributed by atoms with Crippen molar-refractivity contribution in [2.75, 3.05) is 26.1 Å². The van der Waals surface area contributed by atoms with Gasteiger partial charge in [0.1, 0.15) is 11.8 Å². The number of thioether (sulfide) groups is 1. The topological polar surface area (TPSA) is 108 Å². The molecule has 0 saturated carbocycles. The Morgan fingerprint density at radius 1 is 1.24 bits per heavy atom. The van der Waals surface area contributed by atoms with E-state index in [1.54, 1.807) is 55.1 Å². The summed E-state index contributed by atoms with van der Waals surface area (Å²) in [6, 6.07) is 5.79. The first-order valence-corrected chi connectivity index (χ1v) is 12.7. The van der Waals surface area contributed by atoms with Crippen LogP contribution in [0.1, 0.15) is 40.0 Å². The van der Waals surface area contributed by atoms with Gasteiger partial charge in [-0.2, -0.15) is 0 Å². The number of hydrogen-bond acceptors (Lipinski definition) is 6. The normalized spacial score (nSPS) is 32.6. The lowest BCUT2D eigenvalue weighted by atomic mass is 9.66. The Kier molecular flexibility index (Phi) is 6.63. The third-order valence-electron chi connectivity index (χ3n) is 7.70. The number of likely N-dealkylation sites (tertiary alicyclic amines) is 1. The molecule has 3 aliphatic rings. The summed E-state index contributed by atoms with van der Waals surface area (Å²) in [6.45, 7) is 5.87. The number of benzene rings is 1. The highest BCUT2D eigenvalue weighted by atomic mass is 32.2. The minimum Gasteiger partial charge on any atom is -0.497 e. The van der Waals surface area contributed by atoms with Crippen molar-refractivity contribution in [3.63, 3.8) is 0 Å². The maximum absolute atomic E-state index is 14.0. The Labute approximate surface area is 205 Å². The summed E-state index contributed by atoms with van der Waals surface area (Å²) in [5.41, 5.74) is 0.606. The molecule has 186 valence electrons. The second-order valence-electron chi connectivity index (χ2n) is 10.3. The van der Waals surface area contributed by atoms with Crippen LogP contribution in [0.15, 0.2) is 24.3 Å². The molecule has 3 fully saturated rings. The highest BCUT2D eigenvalue weighted by molar-refractivity contribution is 8.02. The van der Waals surface area contributed by atoms with Crippen LogP contribution in [0.25, 0.3) is 0 Å². The second-order valence-corrected chi connectivity index (χ2v) is 12.2. The number of methoxy groups -OCH3 is 1. The molecule has 1 aromatic carbocycles. The predicted molar refractivity (Wildman–Crippen MR) is 132 cm³/mol. The molecule has 0 radical (unpaired) electrons. The Morgan fingerprint density at radius 3 is 2.47 bits per heavy atom. The first-order valence-electron chi connectivity index (χ1n) is 11.9. The Hall–Kier alpha value is -2.26. The number of nitrogens with zero attached hydrogens (tertiary/aromatic N) is 1. The van der Waals surface area contributed by atoms with Crippen LogP contribution in [-0.2, 0) is 14.4 Å². The van der Waals surface area contributed by atoms with Crippen molar-refractivity contribution in [3.05, 3.63) is 24.3 Å². The second kappa shape index (κ2) is 9.07. The number of carbonyl (C=O) groups is 3. The SMILES string of the molecule is CNC(=O)[C@@H]1[C@H]2C(=O)N([C@@H](CO)CC(C)C)C(C(=O)Nc3ccc(OC)cc3)C23CC[C@@]1(C)S3. The van der Waals surface area contributed by atoms with Crippen molar-refractivity contribution in [1.82, 2.24) is 10.2 Å². The number of anilines is 1. The lowest BCUT2D eigenvalue weighted by Crippen LogP contribution is -2.55. The Bertz CT molecular complexity index is 970. The lowest BCUT2D eigenvalue weighted by molar-refractivity contribution is -0.142. The monoisotopic (exact) mass is 489 g/mol. The van der Waals surface area contributed by atoms with Gasteiger partial charge in [-0.05, 0) is 56.4 Å². The molecule has 1 spiro atoms. The van der Waals surface area contributed by atoms with E-state index in [1.165, 1.54) is 0 Å². The highest BCUT2D eigenvalue weighted by Crippen LogP contribution is 2.71. The number of hydrogen-bond donors (Lipinski definition) is 3. The zero-order valence-corrected chi connectivity index (χ0v) is 21.3. The highest BCUT2D eigenvalue weighted by Gasteiger charge is 2.77. The molecule has 3 aliphatic heterocycles. The van der Waals surface area contributed by atoms with Crippen LogP contribution >= 0.6 is 11.8 Å². The van der Waals surface area contributed by atoms with Gasteiger partial charge in [-0.15, -0.1) is 11.8 Å². The number of aliphatic hydroxyl groups is 1. The Morgan fingerprint density at radius 2 is 1.91 bits per heavy atom. The van der Waals surface area contributed by atoms with E-state index in [9.17, 15) is 19.5 Å². The van der Waals surface area contributed by atoms with Gasteiger partial charge in [0.15, 0.2) is 0 Å². The molecule has 34 heavy (non-hydrogen) atoms. The molecule has 0 aliphatic carbocycles. The van der Waals surface area contributed by atoms with Crippen molar-refractivity contribution in [2.24, 2.45) is 17.8 Å². The molecule has 3 N–H and O–H groups in total. The molecular weight excluding hydrogens is 454 g/mol. The smallest absolute Gasteiger partial charge is 0.248 e. The molecule has 3 saturated heterocycles. The first-order chi connectivity index (χ1) is 16.1. The van der Waals surface area contributed by atoms with Crippen molar-refractivity contribution < 1.29 is 24.2 Å². The van der Waals surface area contributed by atoms with Crippen molar-refractivity contribution in [2.45, 2.75) is 61.6 Å². The molecule has 6 atom stereocenters. The van der Waals surface area contributed by atoms with Gasteiger partial charge in [0.2, 0.25) is 17.7 Å². The quantitative estimate of drug-likeness (QED) is 0.517. The maximum Gasteiger partial charge on any atom is 0.248 e. The summed E-state index contributed by atoms with van der Waals surface area (Å²) in [5, 5.41) is 16.0. The average molecular weight is 490 g/mol. The van der Waals surface area contributed by atoms with E-state index in [-0.39, 0.29) is 30.2 Å². The zero-order valence-electron chi connectivity index (χ0n) is 20.5. The number of carbonyl (C=O) groups excluding carboxylic acids is 3. The van der Waals surface area contributed by atoms with Crippen LogP contribution in [0.3, 0.4) is 0 Å². The van der Waals surface area contributed by atoms with Crippen molar-refractivity contribution >= 4 is 35.2 Å². The van der Waals surface area contributed by atoms with Gasteiger partial charge in [0.25, 0.3) is 0 Å². The summed E-state index contributed by atoms with van der Waals surface area (Å²) in [6.07, 6.45) is 2.01. The fraction of sp³-hybridized carbons (Fsp3) is 0.640. The van der Waals surface area contributed by atoms with Crippen LogP contribution < -0.4 is 15.4 Å². The molecule has 2 bridgehead atoms. The summed E-state index contributed by atoms with van der Waals surface area (Å²) in [7, 11) is 3.17. The van der Waals surface area contributed by atoms with E-state index in [1.807, 2.05) is 20.8 Å².